The van der Waals surface area contributed by atoms with Gasteiger partial charge in [0, 0.05) is 19.7 Å². The molecule has 6 heteroatoms. The summed E-state index contributed by atoms with van der Waals surface area (Å²) in [5.41, 5.74) is 1.50. The molecule has 0 saturated carbocycles. The molecule has 0 radical (unpaired) electrons. The summed E-state index contributed by atoms with van der Waals surface area (Å²) in [5.74, 6) is 0.705. The van der Waals surface area contributed by atoms with Crippen molar-refractivity contribution in [3.63, 3.8) is 0 Å². The van der Waals surface area contributed by atoms with Gasteiger partial charge in [0.15, 0.2) is 18.1 Å². The summed E-state index contributed by atoms with van der Waals surface area (Å²) in [4.78, 5) is 13.9. The Bertz CT molecular complexity index is 772. The van der Waals surface area contributed by atoms with E-state index in [1.807, 2.05) is 37.3 Å². The van der Waals surface area contributed by atoms with Gasteiger partial charge in [-0.1, -0.05) is 30.3 Å². The van der Waals surface area contributed by atoms with Crippen LogP contribution in [-0.4, -0.2) is 31.1 Å². The highest BCUT2D eigenvalue weighted by molar-refractivity contribution is 9.10. The standard InChI is InChI=1S/C19H19BrN2O3/c1-3-24-17-10-15(11-21)9-16(20)19(17)25-13-18(23)22(2)12-14-7-5-4-6-8-14/h4-10H,3,12-13H2,1-2H3. The molecule has 0 N–H and O–H groups in total. The molecule has 0 bridgehead atoms. The maximum absolute atomic E-state index is 12.3. The molecule has 2 aromatic rings. The van der Waals surface area contributed by atoms with Crippen molar-refractivity contribution in [2.24, 2.45) is 0 Å². The van der Waals surface area contributed by atoms with E-state index in [0.717, 1.165) is 5.56 Å². The first-order valence-corrected chi connectivity index (χ1v) is 8.61. The van der Waals surface area contributed by atoms with Crippen LogP contribution in [0, 0.1) is 11.3 Å². The van der Waals surface area contributed by atoms with E-state index in [0.29, 0.717) is 34.7 Å². The quantitative estimate of drug-likeness (QED) is 0.707. The van der Waals surface area contributed by atoms with E-state index in [2.05, 4.69) is 22.0 Å². The Kier molecular flexibility index (Phi) is 6.84. The van der Waals surface area contributed by atoms with Crippen LogP contribution in [0.2, 0.25) is 0 Å². The Hall–Kier alpha value is -2.52. The number of likely N-dealkylation sites (N-methyl/N-ethyl adjacent to an activating group) is 1. The zero-order chi connectivity index (χ0) is 18.2. The molecule has 0 aromatic heterocycles. The Morgan fingerprint density at radius 1 is 1.24 bits per heavy atom. The minimum absolute atomic E-state index is 0.117. The lowest BCUT2D eigenvalue weighted by atomic mass is 10.2. The Labute approximate surface area is 155 Å². The van der Waals surface area contributed by atoms with Gasteiger partial charge in [-0.05, 0) is 34.5 Å². The van der Waals surface area contributed by atoms with Gasteiger partial charge in [0.1, 0.15) is 0 Å². The minimum Gasteiger partial charge on any atom is -0.490 e. The van der Waals surface area contributed by atoms with Crippen LogP contribution in [-0.2, 0) is 11.3 Å². The number of ether oxygens (including phenoxy) is 2. The van der Waals surface area contributed by atoms with Gasteiger partial charge in [0.25, 0.3) is 5.91 Å². The average molecular weight is 403 g/mol. The van der Waals surface area contributed by atoms with Crippen LogP contribution < -0.4 is 9.47 Å². The lowest BCUT2D eigenvalue weighted by molar-refractivity contribution is -0.132. The number of amides is 1. The van der Waals surface area contributed by atoms with Crippen molar-refractivity contribution in [1.29, 1.82) is 5.26 Å². The molecule has 0 saturated heterocycles. The molecule has 0 aliphatic rings. The van der Waals surface area contributed by atoms with Gasteiger partial charge in [-0.25, -0.2) is 0 Å². The molecule has 2 aromatic carbocycles. The van der Waals surface area contributed by atoms with Crippen molar-refractivity contribution in [1.82, 2.24) is 4.90 Å². The molecule has 5 nitrogen and oxygen atoms in total. The van der Waals surface area contributed by atoms with Gasteiger partial charge in [-0.15, -0.1) is 0 Å². The van der Waals surface area contributed by atoms with Crippen LogP contribution in [0.4, 0.5) is 0 Å². The smallest absolute Gasteiger partial charge is 0.260 e. The Morgan fingerprint density at radius 2 is 1.96 bits per heavy atom. The molecule has 0 spiro atoms. The summed E-state index contributed by atoms with van der Waals surface area (Å²) in [6.45, 7) is 2.67. The van der Waals surface area contributed by atoms with E-state index in [1.54, 1.807) is 24.1 Å². The van der Waals surface area contributed by atoms with Crippen LogP contribution in [0.25, 0.3) is 0 Å². The highest BCUT2D eigenvalue weighted by Crippen LogP contribution is 2.36. The number of benzene rings is 2. The molecule has 1 amide bonds. The summed E-state index contributed by atoms with van der Waals surface area (Å²) < 4.78 is 11.8. The second kappa shape index (κ2) is 9.09. The summed E-state index contributed by atoms with van der Waals surface area (Å²) in [6.07, 6.45) is 0. The molecule has 0 atom stereocenters. The number of carbonyl (C=O) groups is 1. The SMILES string of the molecule is CCOc1cc(C#N)cc(Br)c1OCC(=O)N(C)Cc1ccccc1. The van der Waals surface area contributed by atoms with Crippen LogP contribution in [0.1, 0.15) is 18.1 Å². The monoisotopic (exact) mass is 402 g/mol. The maximum Gasteiger partial charge on any atom is 0.260 e. The van der Waals surface area contributed by atoms with E-state index < -0.39 is 0 Å². The molecular weight excluding hydrogens is 384 g/mol. The number of nitrogens with zero attached hydrogens (tertiary/aromatic N) is 2. The summed E-state index contributed by atoms with van der Waals surface area (Å²) in [7, 11) is 1.73. The first-order valence-electron chi connectivity index (χ1n) is 7.82. The van der Waals surface area contributed by atoms with Crippen LogP contribution in [0.15, 0.2) is 46.9 Å². The van der Waals surface area contributed by atoms with Crippen molar-refractivity contribution in [3.8, 4) is 17.6 Å². The summed E-state index contributed by atoms with van der Waals surface area (Å²) in [6, 6.07) is 15.0. The molecule has 25 heavy (non-hydrogen) atoms. The van der Waals surface area contributed by atoms with Crippen LogP contribution in [0.3, 0.4) is 0 Å². The number of hydrogen-bond acceptors (Lipinski definition) is 4. The van der Waals surface area contributed by atoms with Crippen LogP contribution >= 0.6 is 15.9 Å². The third-order valence-electron chi connectivity index (χ3n) is 3.47. The molecule has 0 heterocycles. The van der Waals surface area contributed by atoms with E-state index in [4.69, 9.17) is 14.7 Å². The third-order valence-corrected chi connectivity index (χ3v) is 4.06. The van der Waals surface area contributed by atoms with Gasteiger partial charge in [0.05, 0.1) is 22.7 Å². The van der Waals surface area contributed by atoms with Crippen molar-refractivity contribution >= 4 is 21.8 Å². The number of rotatable bonds is 7. The van der Waals surface area contributed by atoms with Gasteiger partial charge in [-0.3, -0.25) is 4.79 Å². The molecule has 0 aliphatic heterocycles. The highest BCUT2D eigenvalue weighted by Gasteiger charge is 2.16. The van der Waals surface area contributed by atoms with Crippen molar-refractivity contribution in [2.45, 2.75) is 13.5 Å². The van der Waals surface area contributed by atoms with E-state index in [-0.39, 0.29) is 12.5 Å². The largest absolute Gasteiger partial charge is 0.490 e. The first kappa shape index (κ1) is 18.8. The summed E-state index contributed by atoms with van der Waals surface area (Å²) in [5, 5.41) is 9.05. The van der Waals surface area contributed by atoms with Gasteiger partial charge >= 0.3 is 0 Å². The maximum atomic E-state index is 12.3. The number of hydrogen-bond donors (Lipinski definition) is 0. The second-order valence-electron chi connectivity index (χ2n) is 5.35. The average Bonchev–Trinajstić information content (AvgIpc) is 2.61. The highest BCUT2D eigenvalue weighted by atomic mass is 79.9. The summed E-state index contributed by atoms with van der Waals surface area (Å²) >= 11 is 3.37. The number of halogens is 1. The predicted molar refractivity (Wildman–Crippen MR) is 98.4 cm³/mol. The number of carbonyl (C=O) groups excluding carboxylic acids is 1. The van der Waals surface area contributed by atoms with Crippen molar-refractivity contribution in [3.05, 3.63) is 58.1 Å². The van der Waals surface area contributed by atoms with Crippen molar-refractivity contribution < 1.29 is 14.3 Å². The van der Waals surface area contributed by atoms with Gasteiger partial charge < -0.3 is 14.4 Å². The zero-order valence-corrected chi connectivity index (χ0v) is 15.7. The third kappa shape index (κ3) is 5.23. The topological polar surface area (TPSA) is 62.6 Å². The van der Waals surface area contributed by atoms with E-state index in [9.17, 15) is 4.79 Å². The molecule has 0 aliphatic carbocycles. The number of nitriles is 1. The fourth-order valence-corrected chi connectivity index (χ4v) is 2.78. The minimum atomic E-state index is -0.150. The first-order chi connectivity index (χ1) is 12.0. The second-order valence-corrected chi connectivity index (χ2v) is 6.21. The fourth-order valence-electron chi connectivity index (χ4n) is 2.23. The van der Waals surface area contributed by atoms with Crippen molar-refractivity contribution in [2.75, 3.05) is 20.3 Å². The fraction of sp³-hybridized carbons (Fsp3) is 0.263. The lowest BCUT2D eigenvalue weighted by Crippen LogP contribution is -2.31. The molecule has 130 valence electrons. The normalized spacial score (nSPS) is 10.0. The molecule has 0 fully saturated rings. The Morgan fingerprint density at radius 3 is 2.60 bits per heavy atom. The lowest BCUT2D eigenvalue weighted by Gasteiger charge is -2.19. The van der Waals surface area contributed by atoms with Crippen LogP contribution in [0.5, 0.6) is 11.5 Å². The Balaban J connectivity index is 2.05. The zero-order valence-electron chi connectivity index (χ0n) is 14.2. The van der Waals surface area contributed by atoms with E-state index >= 15 is 0 Å². The molecule has 2 rings (SSSR count). The van der Waals surface area contributed by atoms with Gasteiger partial charge in [0.2, 0.25) is 0 Å². The van der Waals surface area contributed by atoms with E-state index in [1.165, 1.54) is 0 Å². The molecule has 0 unspecified atom stereocenters. The van der Waals surface area contributed by atoms with Gasteiger partial charge in [-0.2, -0.15) is 5.26 Å². The predicted octanol–water partition coefficient (Wildman–Crippen LogP) is 3.76. The molecular formula is C19H19BrN2O3.